The molecule has 1 aromatic rings. The first-order valence-corrected chi connectivity index (χ1v) is 6.19. The van der Waals surface area contributed by atoms with Crippen LogP contribution < -0.4 is 5.73 Å². The van der Waals surface area contributed by atoms with E-state index >= 15 is 0 Å². The molecule has 0 aromatic heterocycles. The summed E-state index contributed by atoms with van der Waals surface area (Å²) in [5.74, 6) is 0.592. The van der Waals surface area contributed by atoms with E-state index in [4.69, 9.17) is 18.0 Å². The topological polar surface area (TPSA) is 26.0 Å². The minimum absolute atomic E-state index is 0.231. The maximum atomic E-state index is 5.66. The van der Waals surface area contributed by atoms with E-state index in [-0.39, 0.29) is 5.92 Å². The van der Waals surface area contributed by atoms with Crippen LogP contribution in [0.5, 0.6) is 0 Å². The summed E-state index contributed by atoms with van der Waals surface area (Å²) < 4.78 is 1.14. The fraction of sp³-hybridized carbons (Fsp3) is 0.417. The highest BCUT2D eigenvalue weighted by Crippen LogP contribution is 2.28. The highest BCUT2D eigenvalue weighted by Gasteiger charge is 2.16. The Morgan fingerprint density at radius 3 is 2.47 bits per heavy atom. The van der Waals surface area contributed by atoms with Crippen molar-refractivity contribution in [3.05, 3.63) is 33.8 Å². The van der Waals surface area contributed by atoms with Crippen LogP contribution in [0.25, 0.3) is 0 Å². The molecule has 1 nitrogen and oxygen atoms in total. The van der Waals surface area contributed by atoms with Crippen molar-refractivity contribution >= 4 is 33.1 Å². The zero-order chi connectivity index (χ0) is 11.6. The number of hydrogen-bond donors (Lipinski definition) is 1. The number of rotatable bonds is 3. The van der Waals surface area contributed by atoms with Gasteiger partial charge in [-0.3, -0.25) is 0 Å². The monoisotopic (exact) mass is 285 g/mol. The minimum Gasteiger partial charge on any atom is -0.393 e. The van der Waals surface area contributed by atoms with Crippen LogP contribution in [0, 0.1) is 12.8 Å². The van der Waals surface area contributed by atoms with E-state index in [0.717, 1.165) is 4.47 Å². The Bertz CT molecular complexity index is 376. The maximum absolute atomic E-state index is 5.66. The van der Waals surface area contributed by atoms with Gasteiger partial charge in [-0.1, -0.05) is 54.1 Å². The Morgan fingerprint density at radius 1 is 1.40 bits per heavy atom. The zero-order valence-corrected chi connectivity index (χ0v) is 11.7. The van der Waals surface area contributed by atoms with Gasteiger partial charge in [0.1, 0.15) is 0 Å². The molecule has 0 fully saturated rings. The first-order valence-electron chi connectivity index (χ1n) is 4.99. The van der Waals surface area contributed by atoms with E-state index in [9.17, 15) is 0 Å². The van der Waals surface area contributed by atoms with Crippen LogP contribution in [0.1, 0.15) is 30.9 Å². The van der Waals surface area contributed by atoms with Crippen molar-refractivity contribution in [2.24, 2.45) is 11.7 Å². The Hall–Kier alpha value is -0.410. The van der Waals surface area contributed by atoms with Gasteiger partial charge in [0, 0.05) is 10.4 Å². The molecule has 0 heterocycles. The summed E-state index contributed by atoms with van der Waals surface area (Å²) in [5.41, 5.74) is 8.18. The average molecular weight is 286 g/mol. The number of aryl methyl sites for hydroxylation is 1. The van der Waals surface area contributed by atoms with Crippen molar-refractivity contribution in [2.45, 2.75) is 26.7 Å². The van der Waals surface area contributed by atoms with Gasteiger partial charge < -0.3 is 5.73 Å². The second-order valence-electron chi connectivity index (χ2n) is 3.99. The molecule has 0 saturated heterocycles. The standard InChI is InChI=1S/C12H16BrNS/c1-7-4-5-10(6-11(7)13)8(2)9(3)12(14)15/h4-6,8-9H,1-3H3,(H2,14,15). The van der Waals surface area contributed by atoms with E-state index in [1.807, 2.05) is 0 Å². The summed E-state index contributed by atoms with van der Waals surface area (Å²) in [6.45, 7) is 6.30. The van der Waals surface area contributed by atoms with Crippen LogP contribution in [0.4, 0.5) is 0 Å². The van der Waals surface area contributed by atoms with Crippen LogP contribution in [-0.4, -0.2) is 4.99 Å². The third-order valence-electron chi connectivity index (χ3n) is 2.92. The molecule has 0 aliphatic heterocycles. The van der Waals surface area contributed by atoms with Crippen LogP contribution in [0.3, 0.4) is 0 Å². The van der Waals surface area contributed by atoms with Crippen LogP contribution in [-0.2, 0) is 0 Å². The molecule has 1 aromatic carbocycles. The molecule has 2 N–H and O–H groups in total. The Labute approximate surface area is 105 Å². The lowest BCUT2D eigenvalue weighted by atomic mass is 9.88. The molecular formula is C12H16BrNS. The molecule has 2 unspecified atom stereocenters. The molecule has 0 bridgehead atoms. The molecule has 0 saturated carbocycles. The van der Waals surface area contributed by atoms with Crippen molar-refractivity contribution < 1.29 is 0 Å². The molecule has 0 aliphatic carbocycles. The van der Waals surface area contributed by atoms with Gasteiger partial charge in [0.15, 0.2) is 0 Å². The third kappa shape index (κ3) is 3.02. The second-order valence-corrected chi connectivity index (χ2v) is 5.31. The molecule has 1 rings (SSSR count). The highest BCUT2D eigenvalue weighted by atomic mass is 79.9. The molecule has 3 heteroatoms. The molecule has 0 radical (unpaired) electrons. The van der Waals surface area contributed by atoms with Gasteiger partial charge >= 0.3 is 0 Å². The number of hydrogen-bond acceptors (Lipinski definition) is 1. The van der Waals surface area contributed by atoms with E-state index < -0.39 is 0 Å². The molecule has 0 aliphatic rings. The lowest BCUT2D eigenvalue weighted by molar-refractivity contribution is 0.626. The summed E-state index contributed by atoms with van der Waals surface area (Å²) in [4.78, 5) is 0.583. The summed E-state index contributed by atoms with van der Waals surface area (Å²) in [6.07, 6.45) is 0. The second kappa shape index (κ2) is 5.08. The molecule has 2 atom stereocenters. The third-order valence-corrected chi connectivity index (χ3v) is 4.15. The Kier molecular flexibility index (Phi) is 4.29. The van der Waals surface area contributed by atoms with Crippen LogP contribution in [0.15, 0.2) is 22.7 Å². The van der Waals surface area contributed by atoms with Crippen LogP contribution >= 0.6 is 28.1 Å². The van der Waals surface area contributed by atoms with Gasteiger partial charge in [0.2, 0.25) is 0 Å². The van der Waals surface area contributed by atoms with Gasteiger partial charge in [-0.05, 0) is 30.0 Å². The number of nitrogens with two attached hydrogens (primary N) is 1. The first kappa shape index (κ1) is 12.7. The summed E-state index contributed by atoms with van der Waals surface area (Å²) in [6, 6.07) is 6.40. The van der Waals surface area contributed by atoms with Crippen molar-refractivity contribution in [3.63, 3.8) is 0 Å². The quantitative estimate of drug-likeness (QED) is 0.856. The average Bonchev–Trinajstić information content (AvgIpc) is 2.19. The molecule has 0 spiro atoms. The van der Waals surface area contributed by atoms with E-state index in [1.54, 1.807) is 0 Å². The van der Waals surface area contributed by atoms with Crippen molar-refractivity contribution in [3.8, 4) is 0 Å². The predicted octanol–water partition coefficient (Wildman–Crippen LogP) is 3.78. The predicted molar refractivity (Wildman–Crippen MR) is 73.2 cm³/mol. The highest BCUT2D eigenvalue weighted by molar-refractivity contribution is 9.10. The fourth-order valence-corrected chi connectivity index (χ4v) is 2.03. The van der Waals surface area contributed by atoms with Crippen molar-refractivity contribution in [1.82, 2.24) is 0 Å². The van der Waals surface area contributed by atoms with Crippen molar-refractivity contribution in [2.75, 3.05) is 0 Å². The Morgan fingerprint density at radius 2 is 2.00 bits per heavy atom. The number of halogens is 1. The van der Waals surface area contributed by atoms with Crippen LogP contribution in [0.2, 0.25) is 0 Å². The van der Waals surface area contributed by atoms with E-state index in [0.29, 0.717) is 10.9 Å². The normalized spacial score (nSPS) is 14.7. The van der Waals surface area contributed by atoms with Gasteiger partial charge in [-0.15, -0.1) is 0 Å². The summed E-state index contributed by atoms with van der Waals surface area (Å²) in [7, 11) is 0. The molecule has 82 valence electrons. The largest absolute Gasteiger partial charge is 0.393 e. The van der Waals surface area contributed by atoms with Crippen molar-refractivity contribution in [1.29, 1.82) is 0 Å². The van der Waals surface area contributed by atoms with Gasteiger partial charge in [0.25, 0.3) is 0 Å². The lowest BCUT2D eigenvalue weighted by Gasteiger charge is -2.19. The smallest absolute Gasteiger partial charge is 0.0761 e. The molecular weight excluding hydrogens is 270 g/mol. The fourth-order valence-electron chi connectivity index (χ4n) is 1.43. The Balaban J connectivity index is 2.96. The molecule has 15 heavy (non-hydrogen) atoms. The lowest BCUT2D eigenvalue weighted by Crippen LogP contribution is -2.23. The van der Waals surface area contributed by atoms with E-state index in [1.165, 1.54) is 11.1 Å². The summed E-state index contributed by atoms with van der Waals surface area (Å²) in [5, 5.41) is 0. The number of benzene rings is 1. The zero-order valence-electron chi connectivity index (χ0n) is 9.25. The van der Waals surface area contributed by atoms with Gasteiger partial charge in [0.05, 0.1) is 4.99 Å². The SMILES string of the molecule is Cc1ccc(C(C)C(C)C(N)=S)cc1Br. The van der Waals surface area contributed by atoms with E-state index in [2.05, 4.69) is 54.9 Å². The van der Waals surface area contributed by atoms with Gasteiger partial charge in [-0.25, -0.2) is 0 Å². The minimum atomic E-state index is 0.231. The maximum Gasteiger partial charge on any atom is 0.0761 e. The first-order chi connectivity index (χ1) is 6.93. The van der Waals surface area contributed by atoms with Gasteiger partial charge in [-0.2, -0.15) is 0 Å². The summed E-state index contributed by atoms with van der Waals surface area (Å²) >= 11 is 8.56. The molecule has 0 amide bonds. The number of thiocarbonyl (C=S) groups is 1.